The van der Waals surface area contributed by atoms with Gasteiger partial charge in [0.25, 0.3) is 0 Å². The van der Waals surface area contributed by atoms with E-state index in [2.05, 4.69) is 56.2 Å². The Morgan fingerprint density at radius 3 is 1.79 bits per heavy atom. The van der Waals surface area contributed by atoms with Crippen LogP contribution >= 0.6 is 0 Å². The van der Waals surface area contributed by atoms with Crippen LogP contribution < -0.4 is 0 Å². The Labute approximate surface area is 117 Å². The van der Waals surface area contributed by atoms with Gasteiger partial charge in [-0.25, -0.2) is 0 Å². The van der Waals surface area contributed by atoms with Crippen LogP contribution in [0.3, 0.4) is 0 Å². The fourth-order valence-electron chi connectivity index (χ4n) is 2.18. The molecule has 1 rings (SSSR count). The van der Waals surface area contributed by atoms with Gasteiger partial charge < -0.3 is 9.80 Å². The number of hydrogen-bond acceptors (Lipinski definition) is 3. The quantitative estimate of drug-likeness (QED) is 0.753. The van der Waals surface area contributed by atoms with E-state index in [-0.39, 0.29) is 5.41 Å². The van der Waals surface area contributed by atoms with Crippen molar-refractivity contribution in [1.29, 1.82) is 5.26 Å². The Morgan fingerprint density at radius 1 is 0.947 bits per heavy atom. The van der Waals surface area contributed by atoms with Crippen LogP contribution in [0.25, 0.3) is 0 Å². The van der Waals surface area contributed by atoms with Crippen molar-refractivity contribution in [2.75, 3.05) is 41.3 Å². The lowest BCUT2D eigenvalue weighted by molar-refractivity contribution is 0.307. The second kappa shape index (κ2) is 7.28. The first-order valence-corrected chi connectivity index (χ1v) is 6.76. The lowest BCUT2D eigenvalue weighted by atomic mass is 9.76. The zero-order chi connectivity index (χ0) is 14.3. The van der Waals surface area contributed by atoms with Gasteiger partial charge in [-0.3, -0.25) is 0 Å². The van der Waals surface area contributed by atoms with Crippen molar-refractivity contribution in [3.63, 3.8) is 0 Å². The minimum Gasteiger partial charge on any atom is -0.309 e. The summed E-state index contributed by atoms with van der Waals surface area (Å²) in [4.78, 5) is 4.29. The SMILES string of the molecule is CN(C)CCC(C#N)(CCN(C)C)c1ccccc1. The maximum Gasteiger partial charge on any atom is 0.0846 e. The van der Waals surface area contributed by atoms with E-state index < -0.39 is 0 Å². The van der Waals surface area contributed by atoms with Gasteiger partial charge in [0.1, 0.15) is 0 Å². The number of hydrogen-bond donors (Lipinski definition) is 0. The first-order valence-electron chi connectivity index (χ1n) is 6.76. The highest BCUT2D eigenvalue weighted by atomic mass is 15.1. The Hall–Kier alpha value is -1.37. The monoisotopic (exact) mass is 259 g/mol. The van der Waals surface area contributed by atoms with E-state index >= 15 is 0 Å². The zero-order valence-corrected chi connectivity index (χ0v) is 12.6. The highest BCUT2D eigenvalue weighted by Crippen LogP contribution is 2.31. The fraction of sp³-hybridized carbons (Fsp3) is 0.562. The molecule has 0 amide bonds. The molecule has 0 aliphatic rings. The van der Waals surface area contributed by atoms with Crippen LogP contribution in [-0.4, -0.2) is 51.1 Å². The lowest BCUT2D eigenvalue weighted by Gasteiger charge is -2.30. The predicted octanol–water partition coefficient (Wildman–Crippen LogP) is 2.35. The molecule has 1 aromatic carbocycles. The molecule has 0 aliphatic carbocycles. The van der Waals surface area contributed by atoms with E-state index in [1.165, 1.54) is 0 Å². The number of benzene rings is 1. The summed E-state index contributed by atoms with van der Waals surface area (Å²) < 4.78 is 0. The third-order valence-corrected chi connectivity index (χ3v) is 3.51. The van der Waals surface area contributed by atoms with Gasteiger partial charge >= 0.3 is 0 Å². The molecule has 0 radical (unpaired) electrons. The molecule has 3 nitrogen and oxygen atoms in total. The van der Waals surface area contributed by atoms with Crippen molar-refractivity contribution in [1.82, 2.24) is 9.80 Å². The van der Waals surface area contributed by atoms with Crippen molar-refractivity contribution < 1.29 is 0 Å². The molecule has 104 valence electrons. The number of rotatable bonds is 7. The average Bonchev–Trinajstić information content (AvgIpc) is 2.40. The Balaban J connectivity index is 2.96. The summed E-state index contributed by atoms with van der Waals surface area (Å²) >= 11 is 0. The molecule has 0 N–H and O–H groups in total. The third-order valence-electron chi connectivity index (χ3n) is 3.51. The normalized spacial score (nSPS) is 11.8. The minimum atomic E-state index is -0.379. The summed E-state index contributed by atoms with van der Waals surface area (Å²) in [6, 6.07) is 12.8. The van der Waals surface area contributed by atoms with Crippen LogP contribution in [0.15, 0.2) is 30.3 Å². The highest BCUT2D eigenvalue weighted by Gasteiger charge is 2.31. The van der Waals surface area contributed by atoms with Crippen LogP contribution in [0.2, 0.25) is 0 Å². The third kappa shape index (κ3) is 4.66. The standard InChI is InChI=1S/C16H25N3/c1-18(2)12-10-16(14-17,11-13-19(3)4)15-8-6-5-7-9-15/h5-9H,10-13H2,1-4H3. The van der Waals surface area contributed by atoms with Crippen molar-refractivity contribution in [3.8, 4) is 6.07 Å². The molecule has 0 aliphatic heterocycles. The van der Waals surface area contributed by atoms with E-state index in [0.29, 0.717) is 0 Å². The molecule has 0 bridgehead atoms. The van der Waals surface area contributed by atoms with Crippen LogP contribution in [0.1, 0.15) is 18.4 Å². The molecule has 0 spiro atoms. The maximum atomic E-state index is 9.77. The maximum absolute atomic E-state index is 9.77. The van der Waals surface area contributed by atoms with Crippen molar-refractivity contribution in [2.45, 2.75) is 18.3 Å². The average molecular weight is 259 g/mol. The molecule has 3 heteroatoms. The first kappa shape index (κ1) is 15.7. The van der Waals surface area contributed by atoms with E-state index in [4.69, 9.17) is 0 Å². The summed E-state index contributed by atoms with van der Waals surface area (Å²) in [5, 5.41) is 9.77. The largest absolute Gasteiger partial charge is 0.309 e. The second-order valence-electron chi connectivity index (χ2n) is 5.67. The summed E-state index contributed by atoms with van der Waals surface area (Å²) in [5.41, 5.74) is 0.761. The molecule has 19 heavy (non-hydrogen) atoms. The first-order chi connectivity index (χ1) is 9.00. The summed E-state index contributed by atoms with van der Waals surface area (Å²) in [5.74, 6) is 0. The molecule has 0 aromatic heterocycles. The number of nitrogens with zero attached hydrogens (tertiary/aromatic N) is 3. The Kier molecular flexibility index (Phi) is 6.01. The van der Waals surface area contributed by atoms with Crippen molar-refractivity contribution in [3.05, 3.63) is 35.9 Å². The van der Waals surface area contributed by atoms with Gasteiger partial charge in [0, 0.05) is 0 Å². The van der Waals surface area contributed by atoms with Crippen LogP contribution in [0.5, 0.6) is 0 Å². The fourth-order valence-corrected chi connectivity index (χ4v) is 2.18. The molecule has 0 atom stereocenters. The van der Waals surface area contributed by atoms with Gasteiger partial charge in [-0.2, -0.15) is 5.26 Å². The van der Waals surface area contributed by atoms with E-state index in [1.807, 2.05) is 18.2 Å². The molecule has 0 fully saturated rings. The van der Waals surface area contributed by atoms with Gasteiger partial charge in [-0.15, -0.1) is 0 Å². The van der Waals surface area contributed by atoms with Crippen molar-refractivity contribution in [2.24, 2.45) is 0 Å². The Morgan fingerprint density at radius 2 is 1.42 bits per heavy atom. The summed E-state index contributed by atoms with van der Waals surface area (Å²) in [6.07, 6.45) is 1.74. The van der Waals surface area contributed by atoms with Gasteiger partial charge in [0.2, 0.25) is 0 Å². The second-order valence-corrected chi connectivity index (χ2v) is 5.67. The number of nitriles is 1. The highest BCUT2D eigenvalue weighted by molar-refractivity contribution is 5.32. The Bertz CT molecular complexity index is 392. The molecule has 1 aromatic rings. The lowest BCUT2D eigenvalue weighted by Crippen LogP contribution is -2.33. The molecule has 0 unspecified atom stereocenters. The minimum absolute atomic E-state index is 0.379. The molecular formula is C16H25N3. The zero-order valence-electron chi connectivity index (χ0n) is 12.6. The molecule has 0 saturated heterocycles. The van der Waals surface area contributed by atoms with E-state index in [0.717, 1.165) is 31.5 Å². The molecule has 0 heterocycles. The van der Waals surface area contributed by atoms with Crippen molar-refractivity contribution >= 4 is 0 Å². The van der Waals surface area contributed by atoms with E-state index in [1.54, 1.807) is 0 Å². The van der Waals surface area contributed by atoms with E-state index in [9.17, 15) is 5.26 Å². The topological polar surface area (TPSA) is 30.3 Å². The smallest absolute Gasteiger partial charge is 0.0846 e. The van der Waals surface area contributed by atoms with Gasteiger partial charge in [-0.05, 0) is 59.7 Å². The predicted molar refractivity (Wildman–Crippen MR) is 80.1 cm³/mol. The van der Waals surface area contributed by atoms with Gasteiger partial charge in [0.15, 0.2) is 0 Å². The van der Waals surface area contributed by atoms with Gasteiger partial charge in [0.05, 0.1) is 11.5 Å². The van der Waals surface area contributed by atoms with Crippen LogP contribution in [0.4, 0.5) is 0 Å². The molecule has 0 saturated carbocycles. The summed E-state index contributed by atoms with van der Waals surface area (Å²) in [7, 11) is 8.22. The summed E-state index contributed by atoms with van der Waals surface area (Å²) in [6.45, 7) is 1.85. The van der Waals surface area contributed by atoms with Gasteiger partial charge in [-0.1, -0.05) is 30.3 Å². The van der Waals surface area contributed by atoms with Crippen LogP contribution in [0, 0.1) is 11.3 Å². The van der Waals surface area contributed by atoms with Crippen LogP contribution in [-0.2, 0) is 5.41 Å². The molecular weight excluding hydrogens is 234 g/mol.